The number of piperidine rings is 1. The summed E-state index contributed by atoms with van der Waals surface area (Å²) in [5, 5.41) is 0. The number of ether oxygens (including phenoxy) is 1. The van der Waals surface area contributed by atoms with Gasteiger partial charge in [-0.3, -0.25) is 4.79 Å². The van der Waals surface area contributed by atoms with E-state index in [-0.39, 0.29) is 11.9 Å². The van der Waals surface area contributed by atoms with Crippen molar-refractivity contribution in [1.82, 2.24) is 4.90 Å². The lowest BCUT2D eigenvalue weighted by Gasteiger charge is -2.34. The highest BCUT2D eigenvalue weighted by molar-refractivity contribution is 7.98. The van der Waals surface area contributed by atoms with Crippen LogP contribution in [0.3, 0.4) is 0 Å². The largest absolute Gasteiger partial charge is 0.384 e. The van der Waals surface area contributed by atoms with Gasteiger partial charge in [-0.05, 0) is 37.2 Å². The molecule has 2 atom stereocenters. The monoisotopic (exact) mass is 260 g/mol. The molecule has 1 rings (SSSR count). The van der Waals surface area contributed by atoms with Crippen molar-refractivity contribution in [3.63, 3.8) is 0 Å². The smallest absolute Gasteiger partial charge is 0.239 e. The van der Waals surface area contributed by atoms with E-state index < -0.39 is 0 Å². The van der Waals surface area contributed by atoms with E-state index in [0.717, 1.165) is 44.7 Å². The quantitative estimate of drug-likeness (QED) is 0.772. The van der Waals surface area contributed by atoms with Gasteiger partial charge < -0.3 is 15.4 Å². The molecule has 5 heteroatoms. The lowest BCUT2D eigenvalue weighted by atomic mass is 9.98. The normalized spacial score (nSPS) is 22.5. The summed E-state index contributed by atoms with van der Waals surface area (Å²) < 4.78 is 5.16. The van der Waals surface area contributed by atoms with Gasteiger partial charge >= 0.3 is 0 Å². The van der Waals surface area contributed by atoms with Gasteiger partial charge in [0.25, 0.3) is 0 Å². The molecule has 1 aliphatic rings. The van der Waals surface area contributed by atoms with E-state index in [9.17, 15) is 4.79 Å². The van der Waals surface area contributed by atoms with Crippen LogP contribution >= 0.6 is 11.8 Å². The summed E-state index contributed by atoms with van der Waals surface area (Å²) in [5.74, 6) is 1.53. The predicted molar refractivity (Wildman–Crippen MR) is 72.2 cm³/mol. The number of rotatable bonds is 6. The average Bonchev–Trinajstić information content (AvgIpc) is 2.35. The Bertz CT molecular complexity index is 237. The zero-order valence-corrected chi connectivity index (χ0v) is 11.7. The maximum Gasteiger partial charge on any atom is 0.239 e. The van der Waals surface area contributed by atoms with Crippen molar-refractivity contribution >= 4 is 17.7 Å². The van der Waals surface area contributed by atoms with E-state index >= 15 is 0 Å². The zero-order valence-electron chi connectivity index (χ0n) is 10.9. The predicted octanol–water partition coefficient (Wildman–Crippen LogP) is 0.952. The topological polar surface area (TPSA) is 55.6 Å². The van der Waals surface area contributed by atoms with Crippen molar-refractivity contribution in [1.29, 1.82) is 0 Å². The molecule has 0 aliphatic carbocycles. The summed E-state index contributed by atoms with van der Waals surface area (Å²) in [6, 6.07) is -0.330. The summed E-state index contributed by atoms with van der Waals surface area (Å²) in [5.41, 5.74) is 5.92. The molecule has 1 unspecified atom stereocenters. The molecule has 4 nitrogen and oxygen atoms in total. The second kappa shape index (κ2) is 7.95. The molecule has 0 aromatic heterocycles. The van der Waals surface area contributed by atoms with Crippen LogP contribution in [-0.4, -0.2) is 55.7 Å². The third-order valence-electron chi connectivity index (χ3n) is 3.18. The summed E-state index contributed by atoms with van der Waals surface area (Å²) >= 11 is 1.73. The van der Waals surface area contributed by atoms with Crippen LogP contribution in [0.25, 0.3) is 0 Å². The Morgan fingerprint density at radius 2 is 2.41 bits per heavy atom. The van der Waals surface area contributed by atoms with Gasteiger partial charge in [0, 0.05) is 20.2 Å². The highest BCUT2D eigenvalue weighted by Gasteiger charge is 2.26. The molecule has 100 valence electrons. The van der Waals surface area contributed by atoms with E-state index in [0.29, 0.717) is 5.92 Å². The van der Waals surface area contributed by atoms with Crippen LogP contribution in [0.15, 0.2) is 0 Å². The van der Waals surface area contributed by atoms with Crippen LogP contribution in [0.1, 0.15) is 19.3 Å². The Hall–Kier alpha value is -0.260. The van der Waals surface area contributed by atoms with E-state index in [2.05, 4.69) is 0 Å². The number of hydrogen-bond donors (Lipinski definition) is 1. The molecule has 0 saturated carbocycles. The fraction of sp³-hybridized carbons (Fsp3) is 0.917. The standard InChI is InChI=1S/C12H24N2O2S/c1-16-9-10-4-3-6-14(8-10)12(15)11(13)5-7-17-2/h10-11H,3-9,13H2,1-2H3/t10?,11-/m1/s1. The fourth-order valence-electron chi connectivity index (χ4n) is 2.24. The first kappa shape index (κ1) is 14.8. The Balaban J connectivity index is 2.39. The van der Waals surface area contributed by atoms with Crippen LogP contribution in [-0.2, 0) is 9.53 Å². The molecule has 1 saturated heterocycles. The van der Waals surface area contributed by atoms with Crippen LogP contribution in [0.2, 0.25) is 0 Å². The van der Waals surface area contributed by atoms with Crippen molar-refractivity contribution in [2.24, 2.45) is 11.7 Å². The fourth-order valence-corrected chi connectivity index (χ4v) is 2.73. The number of carbonyl (C=O) groups excluding carboxylic acids is 1. The first-order chi connectivity index (χ1) is 8.19. The minimum absolute atomic E-state index is 0.111. The minimum Gasteiger partial charge on any atom is -0.384 e. The Labute approximate surface area is 108 Å². The minimum atomic E-state index is -0.330. The van der Waals surface area contributed by atoms with Gasteiger partial charge in [-0.1, -0.05) is 0 Å². The molecule has 0 spiro atoms. The summed E-state index contributed by atoms with van der Waals surface area (Å²) in [6.45, 7) is 2.40. The number of amides is 1. The molecule has 1 aliphatic heterocycles. The second-order valence-electron chi connectivity index (χ2n) is 4.64. The van der Waals surface area contributed by atoms with Crippen LogP contribution in [0, 0.1) is 5.92 Å². The van der Waals surface area contributed by atoms with Gasteiger partial charge in [0.2, 0.25) is 5.91 Å². The molecule has 0 bridgehead atoms. The Morgan fingerprint density at radius 3 is 3.06 bits per heavy atom. The van der Waals surface area contributed by atoms with Crippen LogP contribution in [0.4, 0.5) is 0 Å². The first-order valence-corrected chi connectivity index (χ1v) is 7.60. The van der Waals surface area contributed by atoms with E-state index in [1.54, 1.807) is 18.9 Å². The highest BCUT2D eigenvalue weighted by atomic mass is 32.2. The summed E-state index contributed by atoms with van der Waals surface area (Å²) in [4.78, 5) is 14.0. The van der Waals surface area contributed by atoms with Crippen molar-refractivity contribution in [3.8, 4) is 0 Å². The molecule has 1 heterocycles. The van der Waals surface area contributed by atoms with Gasteiger partial charge in [-0.25, -0.2) is 0 Å². The van der Waals surface area contributed by atoms with Gasteiger partial charge in [0.1, 0.15) is 0 Å². The van der Waals surface area contributed by atoms with E-state index in [1.807, 2.05) is 11.2 Å². The molecule has 0 aromatic carbocycles. The van der Waals surface area contributed by atoms with Gasteiger partial charge in [-0.15, -0.1) is 0 Å². The molecule has 0 aromatic rings. The van der Waals surface area contributed by atoms with E-state index in [1.165, 1.54) is 0 Å². The Morgan fingerprint density at radius 1 is 1.65 bits per heavy atom. The first-order valence-electron chi connectivity index (χ1n) is 6.21. The molecular weight excluding hydrogens is 236 g/mol. The average molecular weight is 260 g/mol. The van der Waals surface area contributed by atoms with Gasteiger partial charge in [0.05, 0.1) is 12.6 Å². The maximum atomic E-state index is 12.1. The maximum absolute atomic E-state index is 12.1. The number of methoxy groups -OCH3 is 1. The molecule has 17 heavy (non-hydrogen) atoms. The highest BCUT2D eigenvalue weighted by Crippen LogP contribution is 2.17. The number of nitrogens with zero attached hydrogens (tertiary/aromatic N) is 1. The molecule has 1 amide bonds. The third-order valence-corrected chi connectivity index (χ3v) is 3.83. The number of carbonyl (C=O) groups is 1. The number of thioether (sulfide) groups is 1. The van der Waals surface area contributed by atoms with Crippen molar-refractivity contribution in [2.75, 3.05) is 38.8 Å². The second-order valence-corrected chi connectivity index (χ2v) is 5.62. The van der Waals surface area contributed by atoms with Gasteiger partial charge in [0.15, 0.2) is 0 Å². The van der Waals surface area contributed by atoms with E-state index in [4.69, 9.17) is 10.5 Å². The molecule has 0 radical (unpaired) electrons. The number of likely N-dealkylation sites (tertiary alicyclic amines) is 1. The third kappa shape index (κ3) is 4.85. The number of hydrogen-bond acceptors (Lipinski definition) is 4. The Kier molecular flexibility index (Phi) is 6.92. The molecular formula is C12H24N2O2S. The lowest BCUT2D eigenvalue weighted by molar-refractivity contribution is -0.134. The number of nitrogens with two attached hydrogens (primary N) is 1. The summed E-state index contributed by atoms with van der Waals surface area (Å²) in [7, 11) is 1.71. The molecule has 1 fully saturated rings. The lowest BCUT2D eigenvalue weighted by Crippen LogP contribution is -2.48. The SMILES string of the molecule is COCC1CCCN(C(=O)[C@H](N)CCSC)C1. The van der Waals surface area contributed by atoms with Crippen LogP contribution < -0.4 is 5.73 Å². The van der Waals surface area contributed by atoms with Crippen molar-refractivity contribution < 1.29 is 9.53 Å². The zero-order chi connectivity index (χ0) is 12.7. The van der Waals surface area contributed by atoms with Crippen molar-refractivity contribution in [2.45, 2.75) is 25.3 Å². The van der Waals surface area contributed by atoms with Gasteiger partial charge in [-0.2, -0.15) is 11.8 Å². The summed E-state index contributed by atoms with van der Waals surface area (Å²) in [6.07, 6.45) is 5.02. The van der Waals surface area contributed by atoms with Crippen LogP contribution in [0.5, 0.6) is 0 Å². The van der Waals surface area contributed by atoms with Crippen molar-refractivity contribution in [3.05, 3.63) is 0 Å². The molecule has 2 N–H and O–H groups in total.